The number of piperidine rings is 1. The van der Waals surface area contributed by atoms with Gasteiger partial charge < -0.3 is 10.6 Å². The number of aliphatic imine (C=N–C) groups is 1. The van der Waals surface area contributed by atoms with Crippen molar-refractivity contribution < 1.29 is 21.6 Å². The van der Waals surface area contributed by atoms with Gasteiger partial charge in [-0.2, -0.15) is 17.5 Å². The predicted molar refractivity (Wildman–Crippen MR) is 104 cm³/mol. The van der Waals surface area contributed by atoms with Gasteiger partial charge in [0.05, 0.1) is 5.01 Å². The molecule has 0 saturated carbocycles. The smallest absolute Gasteiger partial charge is 0.356 e. The van der Waals surface area contributed by atoms with Gasteiger partial charge in [-0.25, -0.2) is 13.4 Å². The number of rotatable bonds is 7. The van der Waals surface area contributed by atoms with Crippen LogP contribution in [0.4, 0.5) is 13.2 Å². The monoisotopic (exact) mass is 441 g/mol. The Morgan fingerprint density at radius 2 is 2.04 bits per heavy atom. The number of thiazole rings is 1. The van der Waals surface area contributed by atoms with Gasteiger partial charge in [-0.1, -0.05) is 6.92 Å². The fourth-order valence-electron chi connectivity index (χ4n) is 2.88. The van der Waals surface area contributed by atoms with E-state index in [0.717, 1.165) is 17.8 Å². The molecule has 0 unspecified atom stereocenters. The van der Waals surface area contributed by atoms with E-state index in [-0.39, 0.29) is 19.0 Å². The number of aryl methyl sites for hydroxylation is 1. The third-order valence-electron chi connectivity index (χ3n) is 4.57. The lowest BCUT2D eigenvalue weighted by molar-refractivity contribution is -0.0496. The maximum absolute atomic E-state index is 12.6. The molecule has 0 atom stereocenters. The van der Waals surface area contributed by atoms with Crippen molar-refractivity contribution in [2.45, 2.75) is 38.1 Å². The van der Waals surface area contributed by atoms with Crippen LogP contribution >= 0.6 is 11.3 Å². The van der Waals surface area contributed by atoms with Gasteiger partial charge >= 0.3 is 15.5 Å². The highest BCUT2D eigenvalue weighted by molar-refractivity contribution is 7.90. The second-order valence-corrected chi connectivity index (χ2v) is 9.63. The Morgan fingerprint density at radius 1 is 1.36 bits per heavy atom. The van der Waals surface area contributed by atoms with Gasteiger partial charge in [-0.15, -0.1) is 11.3 Å². The average molecular weight is 442 g/mol. The fourth-order valence-corrected chi connectivity index (χ4v) is 4.72. The van der Waals surface area contributed by atoms with Gasteiger partial charge in [0.15, 0.2) is 5.96 Å². The zero-order valence-corrected chi connectivity index (χ0v) is 17.6. The lowest BCUT2D eigenvalue weighted by Gasteiger charge is -2.31. The molecule has 1 aromatic rings. The van der Waals surface area contributed by atoms with Crippen molar-refractivity contribution in [3.8, 4) is 0 Å². The van der Waals surface area contributed by atoms with Crippen LogP contribution in [0.1, 0.15) is 29.7 Å². The first kappa shape index (κ1) is 22.9. The Labute approximate surface area is 167 Å². The first-order chi connectivity index (χ1) is 13.2. The molecule has 1 fully saturated rings. The predicted octanol–water partition coefficient (Wildman–Crippen LogP) is 1.97. The van der Waals surface area contributed by atoms with Crippen LogP contribution in [0.15, 0.2) is 11.2 Å². The molecular formula is C16H26F3N5O2S2. The van der Waals surface area contributed by atoms with Gasteiger partial charge in [0.2, 0.25) is 0 Å². The van der Waals surface area contributed by atoms with Crippen LogP contribution < -0.4 is 10.6 Å². The lowest BCUT2D eigenvalue weighted by atomic mass is 9.98. The number of alkyl halides is 3. The van der Waals surface area contributed by atoms with E-state index in [9.17, 15) is 21.6 Å². The number of aromatic nitrogens is 1. The number of halogens is 3. The molecule has 0 radical (unpaired) electrons. The van der Waals surface area contributed by atoms with Crippen LogP contribution in [0.5, 0.6) is 0 Å². The number of sulfonamides is 1. The van der Waals surface area contributed by atoms with Crippen LogP contribution in [0.25, 0.3) is 0 Å². The normalized spacial score (nSPS) is 17.7. The maximum atomic E-state index is 12.6. The maximum Gasteiger partial charge on any atom is 0.511 e. The molecule has 1 aromatic heterocycles. The first-order valence-corrected chi connectivity index (χ1v) is 11.4. The molecule has 2 rings (SSSR count). The molecule has 0 aliphatic carbocycles. The largest absolute Gasteiger partial charge is 0.511 e. The highest BCUT2D eigenvalue weighted by atomic mass is 32.2. The average Bonchev–Trinajstić information content (AvgIpc) is 3.12. The van der Waals surface area contributed by atoms with E-state index in [4.69, 9.17) is 0 Å². The van der Waals surface area contributed by atoms with Crippen LogP contribution in [0, 0.1) is 5.92 Å². The molecular weight excluding hydrogens is 415 g/mol. The first-order valence-electron chi connectivity index (χ1n) is 9.12. The Bertz CT molecular complexity index is 757. The molecule has 160 valence electrons. The molecule has 0 amide bonds. The van der Waals surface area contributed by atoms with Crippen molar-refractivity contribution in [2.75, 3.05) is 33.2 Å². The van der Waals surface area contributed by atoms with Crippen molar-refractivity contribution in [3.63, 3.8) is 0 Å². The molecule has 1 saturated heterocycles. The number of guanidine groups is 1. The summed E-state index contributed by atoms with van der Waals surface area (Å²) in [5, 5.41) is 7.40. The van der Waals surface area contributed by atoms with Crippen LogP contribution in [0.3, 0.4) is 0 Å². The fraction of sp³-hybridized carbons (Fsp3) is 0.750. The minimum absolute atomic E-state index is 0.0873. The molecule has 28 heavy (non-hydrogen) atoms. The zero-order chi connectivity index (χ0) is 20.8. The zero-order valence-electron chi connectivity index (χ0n) is 15.9. The van der Waals surface area contributed by atoms with E-state index in [1.54, 1.807) is 18.4 Å². The van der Waals surface area contributed by atoms with Crippen LogP contribution in [-0.4, -0.2) is 62.4 Å². The van der Waals surface area contributed by atoms with Gasteiger partial charge in [0.25, 0.3) is 0 Å². The third-order valence-corrected chi connectivity index (χ3v) is 7.40. The van der Waals surface area contributed by atoms with E-state index >= 15 is 0 Å². The molecule has 1 aliphatic heterocycles. The molecule has 2 N–H and O–H groups in total. The minimum atomic E-state index is -5.24. The summed E-state index contributed by atoms with van der Waals surface area (Å²) in [7, 11) is -3.58. The molecule has 0 aromatic carbocycles. The molecule has 0 bridgehead atoms. The van der Waals surface area contributed by atoms with Crippen molar-refractivity contribution >= 4 is 27.3 Å². The van der Waals surface area contributed by atoms with Crippen molar-refractivity contribution in [1.82, 2.24) is 19.9 Å². The van der Waals surface area contributed by atoms with Gasteiger partial charge in [0.1, 0.15) is 0 Å². The molecule has 1 aliphatic rings. The Hall–Kier alpha value is -1.40. The highest BCUT2D eigenvalue weighted by Crippen LogP contribution is 2.30. The second kappa shape index (κ2) is 9.88. The molecule has 0 spiro atoms. The Balaban J connectivity index is 1.71. The SMILES string of the molecule is CCc1cnc(CCNC(=NC)NCC2CCN(S(=O)(=O)C(F)(F)F)CC2)s1. The third kappa shape index (κ3) is 6.05. The van der Waals surface area contributed by atoms with Gasteiger partial charge in [0, 0.05) is 50.7 Å². The van der Waals surface area contributed by atoms with Crippen molar-refractivity contribution in [3.05, 3.63) is 16.1 Å². The van der Waals surface area contributed by atoms with Crippen LogP contribution in [-0.2, 0) is 22.9 Å². The number of hydrogen-bond donors (Lipinski definition) is 2. The summed E-state index contributed by atoms with van der Waals surface area (Å²) in [4.78, 5) is 9.74. The summed E-state index contributed by atoms with van der Waals surface area (Å²) in [6, 6.07) is 0. The summed E-state index contributed by atoms with van der Waals surface area (Å²) in [6.45, 7) is 3.04. The summed E-state index contributed by atoms with van der Waals surface area (Å²) in [5.41, 5.74) is -5.24. The van der Waals surface area contributed by atoms with E-state index in [1.807, 2.05) is 6.20 Å². The number of hydrogen-bond acceptors (Lipinski definition) is 5. The van der Waals surface area contributed by atoms with Crippen molar-refractivity contribution in [2.24, 2.45) is 10.9 Å². The van der Waals surface area contributed by atoms with E-state index in [0.29, 0.717) is 36.2 Å². The van der Waals surface area contributed by atoms with Gasteiger partial charge in [-0.05, 0) is 25.2 Å². The summed E-state index contributed by atoms with van der Waals surface area (Å²) < 4.78 is 61.2. The quantitative estimate of drug-likeness (QED) is 0.499. The summed E-state index contributed by atoms with van der Waals surface area (Å²) in [6.07, 6.45) is 4.38. The van der Waals surface area contributed by atoms with E-state index < -0.39 is 15.5 Å². The van der Waals surface area contributed by atoms with E-state index in [1.165, 1.54) is 4.88 Å². The highest BCUT2D eigenvalue weighted by Gasteiger charge is 2.50. The summed E-state index contributed by atoms with van der Waals surface area (Å²) in [5.74, 6) is 0.696. The van der Waals surface area contributed by atoms with Crippen LogP contribution in [0.2, 0.25) is 0 Å². The molecule has 12 heteroatoms. The van der Waals surface area contributed by atoms with Crippen molar-refractivity contribution in [1.29, 1.82) is 0 Å². The number of nitrogens with one attached hydrogen (secondary N) is 2. The number of nitrogens with zero attached hydrogens (tertiary/aromatic N) is 3. The Morgan fingerprint density at radius 3 is 2.57 bits per heavy atom. The lowest BCUT2D eigenvalue weighted by Crippen LogP contribution is -2.47. The second-order valence-electron chi connectivity index (χ2n) is 6.50. The minimum Gasteiger partial charge on any atom is -0.356 e. The van der Waals surface area contributed by atoms with Gasteiger partial charge in [-0.3, -0.25) is 4.99 Å². The standard InChI is InChI=1S/C16H26F3N5O2S2/c1-3-13-11-22-14(27-13)4-7-21-15(20-2)23-10-12-5-8-24(9-6-12)28(25,26)16(17,18)19/h11-12H,3-10H2,1-2H3,(H2,20,21,23). The topological polar surface area (TPSA) is 86.7 Å². The summed E-state index contributed by atoms with van der Waals surface area (Å²) >= 11 is 1.69. The Kier molecular flexibility index (Phi) is 8.07. The molecule has 2 heterocycles. The van der Waals surface area contributed by atoms with E-state index in [2.05, 4.69) is 27.5 Å². The molecule has 7 nitrogen and oxygen atoms in total.